The SMILES string of the molecule is O=C(NCc1ccc2c(c1)CCC2)c1cc(C(=O)N[C@H]2CCc3cc(-c4noc(=O)[nH]4)ccc32)ncn1. The fourth-order valence-electron chi connectivity index (χ4n) is 5.11. The highest BCUT2D eigenvalue weighted by molar-refractivity contribution is 5.97. The number of aryl methyl sites for hydroxylation is 3. The molecule has 2 heterocycles. The summed E-state index contributed by atoms with van der Waals surface area (Å²) in [5.41, 5.74) is 6.83. The Morgan fingerprint density at radius 1 is 0.946 bits per heavy atom. The summed E-state index contributed by atoms with van der Waals surface area (Å²) in [7, 11) is 0. The molecular formula is C27H24N6O4. The van der Waals surface area contributed by atoms with Crippen LogP contribution in [0.25, 0.3) is 11.4 Å². The Morgan fingerprint density at radius 3 is 2.62 bits per heavy atom. The van der Waals surface area contributed by atoms with E-state index in [4.69, 9.17) is 0 Å². The minimum absolute atomic E-state index is 0.128. The first kappa shape index (κ1) is 22.8. The van der Waals surface area contributed by atoms with Crippen molar-refractivity contribution in [3.05, 3.63) is 98.5 Å². The van der Waals surface area contributed by atoms with Crippen LogP contribution in [0, 0.1) is 0 Å². The lowest BCUT2D eigenvalue weighted by molar-refractivity contribution is 0.0931. The van der Waals surface area contributed by atoms with Gasteiger partial charge in [0.05, 0.1) is 6.04 Å². The molecule has 2 aromatic carbocycles. The maximum Gasteiger partial charge on any atom is 0.439 e. The highest BCUT2D eigenvalue weighted by Gasteiger charge is 2.26. The third-order valence-corrected chi connectivity index (χ3v) is 6.99. The summed E-state index contributed by atoms with van der Waals surface area (Å²) in [6.45, 7) is 0.390. The van der Waals surface area contributed by atoms with Gasteiger partial charge in [-0.1, -0.05) is 35.5 Å². The molecule has 10 nitrogen and oxygen atoms in total. The number of carbonyl (C=O) groups excluding carboxylic acids is 2. The zero-order valence-electron chi connectivity index (χ0n) is 19.9. The van der Waals surface area contributed by atoms with Gasteiger partial charge in [0.2, 0.25) is 0 Å². The number of aromatic nitrogens is 4. The number of nitrogens with zero attached hydrogens (tertiary/aromatic N) is 3. The fraction of sp³-hybridized carbons (Fsp3) is 0.259. The van der Waals surface area contributed by atoms with Gasteiger partial charge in [0.15, 0.2) is 5.82 Å². The molecule has 37 heavy (non-hydrogen) atoms. The molecule has 0 fully saturated rings. The summed E-state index contributed by atoms with van der Waals surface area (Å²) in [6.07, 6.45) is 6.08. The van der Waals surface area contributed by atoms with Crippen molar-refractivity contribution in [2.75, 3.05) is 0 Å². The van der Waals surface area contributed by atoms with Gasteiger partial charge in [0.1, 0.15) is 17.7 Å². The molecule has 6 rings (SSSR count). The van der Waals surface area contributed by atoms with Crippen LogP contribution in [0.3, 0.4) is 0 Å². The van der Waals surface area contributed by atoms with Crippen LogP contribution in [0.4, 0.5) is 0 Å². The van der Waals surface area contributed by atoms with E-state index >= 15 is 0 Å². The van der Waals surface area contributed by atoms with Crippen LogP contribution < -0.4 is 16.4 Å². The maximum atomic E-state index is 13.0. The van der Waals surface area contributed by atoms with E-state index in [-0.39, 0.29) is 29.2 Å². The second-order valence-electron chi connectivity index (χ2n) is 9.35. The predicted molar refractivity (Wildman–Crippen MR) is 133 cm³/mol. The highest BCUT2D eigenvalue weighted by atomic mass is 16.5. The molecule has 0 aliphatic heterocycles. The van der Waals surface area contributed by atoms with Crippen molar-refractivity contribution < 1.29 is 14.1 Å². The number of fused-ring (bicyclic) bond motifs is 2. The van der Waals surface area contributed by atoms with Crippen LogP contribution in [0.15, 0.2) is 58.1 Å². The quantitative estimate of drug-likeness (QED) is 0.372. The number of hydrogen-bond acceptors (Lipinski definition) is 7. The first-order chi connectivity index (χ1) is 18.0. The van der Waals surface area contributed by atoms with Crippen molar-refractivity contribution in [1.82, 2.24) is 30.7 Å². The van der Waals surface area contributed by atoms with Crippen molar-refractivity contribution in [2.45, 2.75) is 44.7 Å². The van der Waals surface area contributed by atoms with Crippen molar-refractivity contribution in [3.63, 3.8) is 0 Å². The lowest BCUT2D eigenvalue weighted by Gasteiger charge is -2.14. The van der Waals surface area contributed by atoms with E-state index in [1.165, 1.54) is 29.9 Å². The second kappa shape index (κ2) is 9.45. The normalized spacial score (nSPS) is 15.7. The molecule has 0 spiro atoms. The monoisotopic (exact) mass is 496 g/mol. The van der Waals surface area contributed by atoms with Crippen LogP contribution in [-0.4, -0.2) is 31.9 Å². The molecule has 0 saturated carbocycles. The minimum Gasteiger partial charge on any atom is -0.347 e. The van der Waals surface area contributed by atoms with E-state index in [0.717, 1.165) is 47.9 Å². The topological polar surface area (TPSA) is 143 Å². The Kier molecular flexibility index (Phi) is 5.84. The average Bonchev–Trinajstić information content (AvgIpc) is 3.67. The van der Waals surface area contributed by atoms with Gasteiger partial charge < -0.3 is 10.6 Å². The van der Waals surface area contributed by atoms with Gasteiger partial charge in [-0.3, -0.25) is 19.1 Å². The Hall–Kier alpha value is -4.60. The van der Waals surface area contributed by atoms with Gasteiger partial charge in [0, 0.05) is 18.2 Å². The molecule has 0 saturated heterocycles. The molecule has 3 N–H and O–H groups in total. The molecule has 0 unspecified atom stereocenters. The van der Waals surface area contributed by atoms with Gasteiger partial charge in [-0.15, -0.1) is 0 Å². The first-order valence-electron chi connectivity index (χ1n) is 12.2. The van der Waals surface area contributed by atoms with E-state index in [1.807, 2.05) is 24.3 Å². The van der Waals surface area contributed by atoms with Crippen molar-refractivity contribution in [3.8, 4) is 11.4 Å². The van der Waals surface area contributed by atoms with Gasteiger partial charge in [-0.25, -0.2) is 14.8 Å². The van der Waals surface area contributed by atoms with Crippen LogP contribution in [0.2, 0.25) is 0 Å². The standard InChI is InChI=1S/C27H24N6O4/c34-25(28-13-15-4-5-16-2-1-3-17(16)10-15)22-12-23(30-14-29-22)26(35)31-21-9-7-18-11-19(6-8-20(18)21)24-32-27(36)37-33-24/h4-6,8,10-12,14,21H,1-3,7,9,13H2,(H,28,34)(H,31,35)(H,32,33,36)/t21-/m0/s1. The fourth-order valence-corrected chi connectivity index (χ4v) is 5.11. The molecule has 2 aliphatic carbocycles. The molecular weight excluding hydrogens is 472 g/mol. The van der Waals surface area contributed by atoms with E-state index in [2.05, 4.69) is 47.4 Å². The Bertz CT molecular complexity index is 1570. The lowest BCUT2D eigenvalue weighted by atomic mass is 10.0. The minimum atomic E-state index is -0.609. The Labute approximate surface area is 211 Å². The van der Waals surface area contributed by atoms with Crippen LogP contribution in [-0.2, 0) is 25.8 Å². The van der Waals surface area contributed by atoms with E-state index < -0.39 is 5.76 Å². The molecule has 0 bridgehead atoms. The second-order valence-corrected chi connectivity index (χ2v) is 9.35. The molecule has 1 atom stereocenters. The number of H-pyrrole nitrogens is 1. The Balaban J connectivity index is 1.11. The summed E-state index contributed by atoms with van der Waals surface area (Å²) in [4.78, 5) is 47.6. The van der Waals surface area contributed by atoms with Crippen LogP contribution in [0.1, 0.15) is 67.7 Å². The van der Waals surface area contributed by atoms with Gasteiger partial charge in [-0.05, 0) is 66.0 Å². The Morgan fingerprint density at radius 2 is 1.78 bits per heavy atom. The van der Waals surface area contributed by atoms with Crippen molar-refractivity contribution in [2.24, 2.45) is 0 Å². The van der Waals surface area contributed by atoms with Crippen LogP contribution in [0.5, 0.6) is 0 Å². The van der Waals surface area contributed by atoms with Gasteiger partial charge in [0.25, 0.3) is 11.8 Å². The number of amides is 2. The van der Waals surface area contributed by atoms with E-state index in [1.54, 1.807) is 0 Å². The zero-order chi connectivity index (χ0) is 25.4. The van der Waals surface area contributed by atoms with Gasteiger partial charge in [-0.2, -0.15) is 0 Å². The molecule has 2 aliphatic rings. The maximum absolute atomic E-state index is 13.0. The summed E-state index contributed by atoms with van der Waals surface area (Å²) in [5.74, 6) is -0.982. The molecule has 10 heteroatoms. The van der Waals surface area contributed by atoms with E-state index in [9.17, 15) is 14.4 Å². The largest absolute Gasteiger partial charge is 0.439 e. The number of rotatable bonds is 6. The van der Waals surface area contributed by atoms with Crippen LogP contribution >= 0.6 is 0 Å². The predicted octanol–water partition coefficient (Wildman–Crippen LogP) is 2.66. The molecule has 0 radical (unpaired) electrons. The van der Waals surface area contributed by atoms with Crippen molar-refractivity contribution in [1.29, 1.82) is 0 Å². The summed E-state index contributed by atoms with van der Waals surface area (Å²) >= 11 is 0. The van der Waals surface area contributed by atoms with Gasteiger partial charge >= 0.3 is 5.76 Å². The number of benzene rings is 2. The lowest BCUT2D eigenvalue weighted by Crippen LogP contribution is -2.29. The summed E-state index contributed by atoms with van der Waals surface area (Å²) in [6, 6.07) is 13.2. The zero-order valence-corrected chi connectivity index (χ0v) is 19.9. The number of aromatic amines is 1. The summed E-state index contributed by atoms with van der Waals surface area (Å²) in [5, 5.41) is 9.62. The first-order valence-corrected chi connectivity index (χ1v) is 12.2. The number of nitrogens with one attached hydrogen (secondary N) is 3. The third-order valence-electron chi connectivity index (χ3n) is 6.99. The number of hydrogen-bond donors (Lipinski definition) is 3. The van der Waals surface area contributed by atoms with E-state index in [0.29, 0.717) is 12.4 Å². The molecule has 2 aromatic heterocycles. The smallest absolute Gasteiger partial charge is 0.347 e. The van der Waals surface area contributed by atoms with Crippen molar-refractivity contribution >= 4 is 11.8 Å². The molecule has 186 valence electrons. The summed E-state index contributed by atoms with van der Waals surface area (Å²) < 4.78 is 4.58. The number of carbonyl (C=O) groups is 2. The molecule has 4 aromatic rings. The molecule has 2 amide bonds. The third kappa shape index (κ3) is 4.65. The highest BCUT2D eigenvalue weighted by Crippen LogP contribution is 2.33. The average molecular weight is 497 g/mol.